The SMILES string of the molecule is COc1cc2c(cc1OC1CCCC1)/C(=N/OCC(O)N1CCOCC1)CC2. The van der Waals surface area contributed by atoms with Gasteiger partial charge < -0.3 is 24.2 Å². The van der Waals surface area contributed by atoms with Gasteiger partial charge in [0, 0.05) is 18.7 Å². The molecule has 1 aromatic carbocycles. The van der Waals surface area contributed by atoms with Crippen molar-refractivity contribution < 1.29 is 24.2 Å². The zero-order chi connectivity index (χ0) is 19.3. The molecule has 7 heteroatoms. The second-order valence-electron chi connectivity index (χ2n) is 7.65. The second-order valence-corrected chi connectivity index (χ2v) is 7.65. The molecule has 28 heavy (non-hydrogen) atoms. The Balaban J connectivity index is 1.42. The minimum Gasteiger partial charge on any atom is -0.493 e. The highest BCUT2D eigenvalue weighted by atomic mass is 16.6. The zero-order valence-electron chi connectivity index (χ0n) is 16.6. The van der Waals surface area contributed by atoms with E-state index in [2.05, 4.69) is 11.2 Å². The van der Waals surface area contributed by atoms with Gasteiger partial charge in [0.2, 0.25) is 0 Å². The van der Waals surface area contributed by atoms with E-state index in [0.29, 0.717) is 26.3 Å². The van der Waals surface area contributed by atoms with Crippen molar-refractivity contribution >= 4 is 5.71 Å². The summed E-state index contributed by atoms with van der Waals surface area (Å²) in [7, 11) is 1.68. The van der Waals surface area contributed by atoms with Crippen LogP contribution in [0.25, 0.3) is 0 Å². The molecule has 1 saturated heterocycles. The molecule has 2 aliphatic carbocycles. The average Bonchev–Trinajstić information content (AvgIpc) is 3.38. The number of oxime groups is 1. The van der Waals surface area contributed by atoms with Gasteiger partial charge >= 0.3 is 0 Å². The topological polar surface area (TPSA) is 72.8 Å². The molecule has 1 atom stereocenters. The van der Waals surface area contributed by atoms with E-state index in [1.165, 1.54) is 18.4 Å². The maximum Gasteiger partial charge on any atom is 0.162 e. The molecule has 7 nitrogen and oxygen atoms in total. The van der Waals surface area contributed by atoms with E-state index in [9.17, 15) is 5.11 Å². The second kappa shape index (κ2) is 9.11. The van der Waals surface area contributed by atoms with Crippen LogP contribution in [0.4, 0.5) is 0 Å². The molecule has 0 aromatic heterocycles. The van der Waals surface area contributed by atoms with E-state index >= 15 is 0 Å². The van der Waals surface area contributed by atoms with Crippen LogP contribution < -0.4 is 9.47 Å². The van der Waals surface area contributed by atoms with Crippen molar-refractivity contribution in [2.24, 2.45) is 5.16 Å². The summed E-state index contributed by atoms with van der Waals surface area (Å²) in [4.78, 5) is 7.45. The molecule has 154 valence electrons. The van der Waals surface area contributed by atoms with Gasteiger partial charge in [-0.2, -0.15) is 0 Å². The van der Waals surface area contributed by atoms with Gasteiger partial charge in [-0.1, -0.05) is 5.16 Å². The van der Waals surface area contributed by atoms with Crippen LogP contribution in [0.15, 0.2) is 17.3 Å². The van der Waals surface area contributed by atoms with Crippen LogP contribution in [0.5, 0.6) is 11.5 Å². The molecule has 0 amide bonds. The third-order valence-electron chi connectivity index (χ3n) is 5.79. The Hall–Kier alpha value is -1.83. The summed E-state index contributed by atoms with van der Waals surface area (Å²) in [5.74, 6) is 1.58. The van der Waals surface area contributed by atoms with Crippen molar-refractivity contribution in [3.8, 4) is 11.5 Å². The number of hydrogen-bond acceptors (Lipinski definition) is 7. The van der Waals surface area contributed by atoms with Crippen molar-refractivity contribution in [3.63, 3.8) is 0 Å². The third-order valence-corrected chi connectivity index (χ3v) is 5.79. The molecule has 0 spiro atoms. The Bertz CT molecular complexity index is 696. The highest BCUT2D eigenvalue weighted by Gasteiger charge is 2.25. The summed E-state index contributed by atoms with van der Waals surface area (Å²) in [6, 6.07) is 4.10. The fourth-order valence-electron chi connectivity index (χ4n) is 4.16. The number of morpholine rings is 1. The molecule has 1 saturated carbocycles. The number of benzene rings is 1. The number of aliphatic hydroxyl groups excluding tert-OH is 1. The number of fused-ring (bicyclic) bond motifs is 1. The van der Waals surface area contributed by atoms with E-state index in [1.54, 1.807) is 7.11 Å². The van der Waals surface area contributed by atoms with Crippen LogP contribution in [0, 0.1) is 0 Å². The van der Waals surface area contributed by atoms with Crippen molar-refractivity contribution in [2.45, 2.75) is 50.9 Å². The van der Waals surface area contributed by atoms with Crippen LogP contribution >= 0.6 is 0 Å². The minimum absolute atomic E-state index is 0.153. The number of aliphatic hydroxyl groups is 1. The summed E-state index contributed by atoms with van der Waals surface area (Å²) in [5.41, 5.74) is 3.17. The Labute approximate surface area is 166 Å². The largest absolute Gasteiger partial charge is 0.493 e. The smallest absolute Gasteiger partial charge is 0.162 e. The number of methoxy groups -OCH3 is 1. The number of hydrogen-bond donors (Lipinski definition) is 1. The molecule has 0 radical (unpaired) electrons. The van der Waals surface area contributed by atoms with Crippen LogP contribution in [0.2, 0.25) is 0 Å². The molecule has 4 rings (SSSR count). The van der Waals surface area contributed by atoms with Crippen molar-refractivity contribution in [3.05, 3.63) is 23.3 Å². The van der Waals surface area contributed by atoms with Gasteiger partial charge in [0.25, 0.3) is 0 Å². The molecule has 1 aromatic rings. The average molecular weight is 390 g/mol. The highest BCUT2D eigenvalue weighted by Crippen LogP contribution is 2.37. The van der Waals surface area contributed by atoms with Crippen molar-refractivity contribution in [1.29, 1.82) is 0 Å². The van der Waals surface area contributed by atoms with E-state index in [0.717, 1.165) is 48.5 Å². The van der Waals surface area contributed by atoms with Gasteiger partial charge in [0.1, 0.15) is 6.23 Å². The van der Waals surface area contributed by atoms with Crippen LogP contribution in [-0.2, 0) is 16.0 Å². The van der Waals surface area contributed by atoms with Crippen LogP contribution in [-0.4, -0.2) is 68.1 Å². The quantitative estimate of drug-likeness (QED) is 0.721. The molecule has 0 bridgehead atoms. The molecule has 2 fully saturated rings. The van der Waals surface area contributed by atoms with E-state index < -0.39 is 6.23 Å². The Morgan fingerprint density at radius 1 is 1.18 bits per heavy atom. The van der Waals surface area contributed by atoms with Gasteiger partial charge in [-0.15, -0.1) is 0 Å². The highest BCUT2D eigenvalue weighted by molar-refractivity contribution is 6.04. The maximum atomic E-state index is 10.3. The number of ether oxygens (including phenoxy) is 3. The molecular formula is C21H30N2O5. The van der Waals surface area contributed by atoms with E-state index in [4.69, 9.17) is 19.0 Å². The fourth-order valence-corrected chi connectivity index (χ4v) is 4.16. The molecule has 1 unspecified atom stereocenters. The Kier molecular flexibility index (Phi) is 6.34. The fraction of sp³-hybridized carbons (Fsp3) is 0.667. The van der Waals surface area contributed by atoms with Crippen LogP contribution in [0.1, 0.15) is 43.2 Å². The number of aryl methyl sites for hydroxylation is 1. The third kappa shape index (κ3) is 4.42. The summed E-state index contributed by atoms with van der Waals surface area (Å²) >= 11 is 0. The number of rotatable bonds is 7. The molecule has 1 N–H and O–H groups in total. The maximum absolute atomic E-state index is 10.3. The first-order valence-electron chi connectivity index (χ1n) is 10.3. The van der Waals surface area contributed by atoms with Gasteiger partial charge in [-0.3, -0.25) is 4.90 Å². The van der Waals surface area contributed by atoms with Gasteiger partial charge in [0.05, 0.1) is 32.1 Å². The van der Waals surface area contributed by atoms with Gasteiger partial charge in [-0.25, -0.2) is 0 Å². The predicted octanol–water partition coefficient (Wildman–Crippen LogP) is 2.33. The Morgan fingerprint density at radius 3 is 2.71 bits per heavy atom. The summed E-state index contributed by atoms with van der Waals surface area (Å²) < 4.78 is 17.1. The molecule has 1 heterocycles. The lowest BCUT2D eigenvalue weighted by atomic mass is 10.1. The summed E-state index contributed by atoms with van der Waals surface area (Å²) in [5, 5.41) is 14.6. The zero-order valence-corrected chi connectivity index (χ0v) is 16.6. The van der Waals surface area contributed by atoms with E-state index in [1.807, 2.05) is 11.0 Å². The molecule has 3 aliphatic rings. The minimum atomic E-state index is -0.661. The normalized spacial score (nSPS) is 23.0. The van der Waals surface area contributed by atoms with Gasteiger partial charge in [0.15, 0.2) is 18.1 Å². The summed E-state index contributed by atoms with van der Waals surface area (Å²) in [6.07, 6.45) is 5.99. The number of nitrogens with zero attached hydrogens (tertiary/aromatic N) is 2. The predicted molar refractivity (Wildman–Crippen MR) is 105 cm³/mol. The van der Waals surface area contributed by atoms with Crippen molar-refractivity contribution in [1.82, 2.24) is 4.90 Å². The lowest BCUT2D eigenvalue weighted by Gasteiger charge is -2.30. The first-order valence-corrected chi connectivity index (χ1v) is 10.3. The van der Waals surface area contributed by atoms with E-state index in [-0.39, 0.29) is 12.7 Å². The lowest BCUT2D eigenvalue weighted by molar-refractivity contribution is -0.0930. The van der Waals surface area contributed by atoms with Crippen molar-refractivity contribution in [2.75, 3.05) is 40.0 Å². The monoisotopic (exact) mass is 390 g/mol. The van der Waals surface area contributed by atoms with Gasteiger partial charge in [-0.05, 0) is 56.2 Å². The molecule has 1 aliphatic heterocycles. The first kappa shape index (κ1) is 19.5. The van der Waals surface area contributed by atoms with Crippen LogP contribution in [0.3, 0.4) is 0 Å². The lowest BCUT2D eigenvalue weighted by Crippen LogP contribution is -2.45. The Morgan fingerprint density at radius 2 is 1.96 bits per heavy atom. The standard InChI is InChI=1S/C21H30N2O5/c1-25-19-12-15-6-7-18(17(15)13-20(19)28-16-4-2-3-5-16)22-27-14-21(24)23-8-10-26-11-9-23/h12-13,16,21,24H,2-11,14H2,1H3/b22-18+. The first-order chi connectivity index (χ1) is 13.7. The molecular weight excluding hydrogens is 360 g/mol. The summed E-state index contributed by atoms with van der Waals surface area (Å²) in [6.45, 7) is 2.87.